The molecule has 0 bridgehead atoms. The van der Waals surface area contributed by atoms with Crippen LogP contribution in [0.2, 0.25) is 0 Å². The van der Waals surface area contributed by atoms with Gasteiger partial charge in [0.25, 0.3) is 5.56 Å². The van der Waals surface area contributed by atoms with E-state index in [0.717, 1.165) is 26.5 Å². The van der Waals surface area contributed by atoms with Crippen LogP contribution in [0.1, 0.15) is 29.7 Å². The zero-order valence-electron chi connectivity index (χ0n) is 16.9. The number of hydrogen-bond acceptors (Lipinski definition) is 7. The van der Waals surface area contributed by atoms with Crippen molar-refractivity contribution in [2.24, 2.45) is 0 Å². The lowest BCUT2D eigenvalue weighted by molar-refractivity contribution is -0.115. The summed E-state index contributed by atoms with van der Waals surface area (Å²) in [6.07, 6.45) is 2.42. The van der Waals surface area contributed by atoms with E-state index in [0.29, 0.717) is 36.5 Å². The van der Waals surface area contributed by atoms with Gasteiger partial charge in [0, 0.05) is 35.5 Å². The Morgan fingerprint density at radius 3 is 2.73 bits per heavy atom. The van der Waals surface area contributed by atoms with E-state index in [1.807, 2.05) is 26.0 Å². The molecule has 1 N–H and O–H groups in total. The van der Waals surface area contributed by atoms with Crippen molar-refractivity contribution in [3.8, 4) is 11.4 Å². The topological polar surface area (TPSA) is 103 Å². The number of thiophene rings is 1. The minimum Gasteiger partial charge on any atom is -0.339 e. The lowest BCUT2D eigenvalue weighted by Gasteiger charge is -2.03. The molecule has 9 heteroatoms. The van der Waals surface area contributed by atoms with Gasteiger partial charge in [-0.3, -0.25) is 14.2 Å². The molecule has 0 fully saturated rings. The van der Waals surface area contributed by atoms with Crippen LogP contribution in [0.15, 0.2) is 39.9 Å². The van der Waals surface area contributed by atoms with Gasteiger partial charge in [0.1, 0.15) is 4.83 Å². The van der Waals surface area contributed by atoms with Gasteiger partial charge in [-0.25, -0.2) is 4.98 Å². The molecule has 3 aromatic heterocycles. The van der Waals surface area contributed by atoms with Crippen molar-refractivity contribution in [2.45, 2.75) is 40.2 Å². The molecule has 4 aromatic rings. The van der Waals surface area contributed by atoms with Gasteiger partial charge in [-0.15, -0.1) is 11.3 Å². The molecule has 0 aliphatic carbocycles. The molecular formula is C21H21N5O3S. The molecule has 0 radical (unpaired) electrons. The predicted octanol–water partition coefficient (Wildman–Crippen LogP) is 3.72. The summed E-state index contributed by atoms with van der Waals surface area (Å²) < 4.78 is 6.92. The molecule has 1 amide bonds. The molecule has 8 nitrogen and oxygen atoms in total. The number of nitrogens with zero attached hydrogens (tertiary/aromatic N) is 4. The van der Waals surface area contributed by atoms with Gasteiger partial charge in [0.2, 0.25) is 17.6 Å². The van der Waals surface area contributed by atoms with Crippen LogP contribution < -0.4 is 10.9 Å². The van der Waals surface area contributed by atoms with Crippen LogP contribution in [0.25, 0.3) is 21.6 Å². The SMILES string of the molecule is CCC(=O)Nc1ccc(-c2noc(CCn3cnc4sc(C)c(C)c4c3=O)n2)cc1. The normalized spacial score (nSPS) is 11.2. The third kappa shape index (κ3) is 3.88. The highest BCUT2D eigenvalue weighted by atomic mass is 32.1. The fourth-order valence-corrected chi connectivity index (χ4v) is 4.06. The highest BCUT2D eigenvalue weighted by Crippen LogP contribution is 2.25. The average Bonchev–Trinajstić information content (AvgIpc) is 3.33. The average molecular weight is 423 g/mol. The molecule has 1 aromatic carbocycles. The molecule has 3 heterocycles. The van der Waals surface area contributed by atoms with Crippen molar-refractivity contribution in [3.63, 3.8) is 0 Å². The van der Waals surface area contributed by atoms with E-state index in [1.54, 1.807) is 30.0 Å². The van der Waals surface area contributed by atoms with Crippen LogP contribution in [-0.4, -0.2) is 25.6 Å². The fraction of sp³-hybridized carbons (Fsp3) is 0.286. The Morgan fingerprint density at radius 1 is 1.23 bits per heavy atom. The number of aryl methyl sites for hydroxylation is 4. The zero-order valence-corrected chi connectivity index (χ0v) is 17.7. The van der Waals surface area contributed by atoms with E-state index < -0.39 is 0 Å². The van der Waals surface area contributed by atoms with Crippen LogP contribution in [0, 0.1) is 13.8 Å². The van der Waals surface area contributed by atoms with Gasteiger partial charge >= 0.3 is 0 Å². The van der Waals surface area contributed by atoms with Crippen LogP contribution in [0.4, 0.5) is 5.69 Å². The molecule has 154 valence electrons. The number of hydrogen-bond donors (Lipinski definition) is 1. The van der Waals surface area contributed by atoms with Gasteiger partial charge in [-0.2, -0.15) is 4.98 Å². The molecule has 0 saturated carbocycles. The maximum Gasteiger partial charge on any atom is 0.262 e. The molecule has 0 spiro atoms. The van der Waals surface area contributed by atoms with E-state index in [9.17, 15) is 9.59 Å². The summed E-state index contributed by atoms with van der Waals surface area (Å²) in [5.41, 5.74) is 2.44. The van der Waals surface area contributed by atoms with Crippen molar-refractivity contribution < 1.29 is 9.32 Å². The van der Waals surface area contributed by atoms with Crippen LogP contribution in [-0.2, 0) is 17.8 Å². The zero-order chi connectivity index (χ0) is 21.3. The summed E-state index contributed by atoms with van der Waals surface area (Å²) in [6, 6.07) is 7.24. The largest absolute Gasteiger partial charge is 0.339 e. The standard InChI is InChI=1S/C21H21N5O3S/c1-4-16(27)23-15-7-5-14(6-8-15)19-24-17(29-25-19)9-10-26-11-22-20-18(21(26)28)12(2)13(3)30-20/h5-8,11H,4,9-10H2,1-3H3,(H,23,27). The fourth-order valence-electron chi connectivity index (χ4n) is 3.07. The number of carbonyl (C=O) groups is 1. The first kappa shape index (κ1) is 20.0. The van der Waals surface area contributed by atoms with Crippen molar-refractivity contribution >= 4 is 33.1 Å². The summed E-state index contributed by atoms with van der Waals surface area (Å²) in [5.74, 6) is 0.863. The lowest BCUT2D eigenvalue weighted by Crippen LogP contribution is -2.21. The molecule has 0 unspecified atom stereocenters. The highest BCUT2D eigenvalue weighted by Gasteiger charge is 2.14. The van der Waals surface area contributed by atoms with Crippen LogP contribution in [0.5, 0.6) is 0 Å². The van der Waals surface area contributed by atoms with E-state index in [-0.39, 0.29) is 11.5 Å². The molecule has 0 atom stereocenters. The number of amides is 1. The Balaban J connectivity index is 1.47. The van der Waals surface area contributed by atoms with Crippen molar-refractivity contribution in [1.29, 1.82) is 0 Å². The van der Waals surface area contributed by atoms with Gasteiger partial charge < -0.3 is 9.84 Å². The molecule has 0 aliphatic rings. The van der Waals surface area contributed by atoms with Crippen LogP contribution >= 0.6 is 11.3 Å². The minimum absolute atomic E-state index is 0.0414. The smallest absolute Gasteiger partial charge is 0.262 e. The third-order valence-corrected chi connectivity index (χ3v) is 6.05. The number of fused-ring (bicyclic) bond motifs is 1. The number of rotatable bonds is 6. The van der Waals surface area contributed by atoms with Gasteiger partial charge in [0.15, 0.2) is 0 Å². The summed E-state index contributed by atoms with van der Waals surface area (Å²) in [5, 5.41) is 7.50. The van der Waals surface area contributed by atoms with Crippen molar-refractivity contribution in [2.75, 3.05) is 5.32 Å². The predicted molar refractivity (Wildman–Crippen MR) is 116 cm³/mol. The van der Waals surface area contributed by atoms with E-state index in [1.165, 1.54) is 11.3 Å². The van der Waals surface area contributed by atoms with Gasteiger partial charge in [-0.05, 0) is 43.7 Å². The summed E-state index contributed by atoms with van der Waals surface area (Å²) in [7, 11) is 0. The first-order chi connectivity index (χ1) is 14.5. The molecule has 30 heavy (non-hydrogen) atoms. The summed E-state index contributed by atoms with van der Waals surface area (Å²) >= 11 is 1.53. The van der Waals surface area contributed by atoms with Gasteiger partial charge in [-0.1, -0.05) is 12.1 Å². The Hall–Kier alpha value is -3.33. The van der Waals surface area contributed by atoms with Crippen molar-refractivity contribution in [3.05, 3.63) is 57.3 Å². The second kappa shape index (κ2) is 8.19. The number of carbonyl (C=O) groups excluding carboxylic acids is 1. The van der Waals surface area contributed by atoms with Crippen LogP contribution in [0.3, 0.4) is 0 Å². The molecular weight excluding hydrogens is 402 g/mol. The highest BCUT2D eigenvalue weighted by molar-refractivity contribution is 7.18. The Bertz CT molecular complexity index is 1270. The van der Waals surface area contributed by atoms with E-state index >= 15 is 0 Å². The first-order valence-corrected chi connectivity index (χ1v) is 10.5. The molecule has 0 saturated heterocycles. The second-order valence-electron chi connectivity index (χ2n) is 6.95. The van der Waals surface area contributed by atoms with Gasteiger partial charge in [0.05, 0.1) is 11.7 Å². The van der Waals surface area contributed by atoms with Crippen molar-refractivity contribution in [1.82, 2.24) is 19.7 Å². The van der Waals surface area contributed by atoms with E-state index in [2.05, 4.69) is 20.4 Å². The minimum atomic E-state index is -0.0497. The number of anilines is 1. The quantitative estimate of drug-likeness (QED) is 0.507. The monoisotopic (exact) mass is 423 g/mol. The second-order valence-corrected chi connectivity index (χ2v) is 8.15. The maximum absolute atomic E-state index is 12.8. The molecule has 4 rings (SSSR count). The lowest BCUT2D eigenvalue weighted by atomic mass is 10.2. The number of nitrogens with one attached hydrogen (secondary N) is 1. The maximum atomic E-state index is 12.8. The third-order valence-electron chi connectivity index (χ3n) is 4.94. The Morgan fingerprint density at radius 2 is 2.00 bits per heavy atom. The Labute approximate surface area is 176 Å². The summed E-state index contributed by atoms with van der Waals surface area (Å²) in [4.78, 5) is 34.9. The molecule has 0 aliphatic heterocycles. The van der Waals surface area contributed by atoms with E-state index in [4.69, 9.17) is 4.52 Å². The Kier molecular flexibility index (Phi) is 5.45. The number of benzene rings is 1. The summed E-state index contributed by atoms with van der Waals surface area (Å²) in [6.45, 7) is 6.15. The first-order valence-electron chi connectivity index (χ1n) is 9.64. The number of aromatic nitrogens is 4.